The fourth-order valence-electron chi connectivity index (χ4n) is 16.2. The van der Waals surface area contributed by atoms with Crippen LogP contribution in [0.4, 0.5) is 0 Å². The molecule has 1 aliphatic rings. The topological polar surface area (TPSA) is 158 Å². The number of carbonyl (C=O) groups is 6. The molecule has 0 radical (unpaired) electrons. The van der Waals surface area contributed by atoms with E-state index in [-0.39, 0.29) is 49.7 Å². The van der Waals surface area contributed by atoms with Gasteiger partial charge in [0.1, 0.15) is 0 Å². The van der Waals surface area contributed by atoms with E-state index in [4.69, 9.17) is 28.4 Å². The third-order valence-electron chi connectivity index (χ3n) is 22.9. The Morgan fingerprint density at radius 3 is 0.514 bits per heavy atom. The molecule has 0 fully saturated rings. The van der Waals surface area contributed by atoms with E-state index in [1.807, 2.05) is 48.5 Å². The summed E-state index contributed by atoms with van der Waals surface area (Å²) in [6.45, 7) is 13.4. The Kier molecular flexibility index (Phi) is 56.2. The lowest BCUT2D eigenvalue weighted by Crippen LogP contribution is -2.73. The molecule has 630 valence electrons. The van der Waals surface area contributed by atoms with E-state index in [0.717, 1.165) is 154 Å². The number of hydrogen-bond donors (Lipinski definition) is 0. The van der Waals surface area contributed by atoms with Crippen LogP contribution < -0.4 is 0 Å². The van der Waals surface area contributed by atoms with Crippen molar-refractivity contribution in [1.82, 2.24) is 0 Å². The van der Waals surface area contributed by atoms with Crippen molar-refractivity contribution in [3.63, 3.8) is 0 Å². The average Bonchev–Trinajstić information content (AvgIpc) is 1.65. The second-order valence-corrected chi connectivity index (χ2v) is 32.9. The van der Waals surface area contributed by atoms with Crippen molar-refractivity contribution in [3.8, 4) is 22.3 Å². The molecule has 0 heterocycles. The van der Waals surface area contributed by atoms with Gasteiger partial charge in [-0.15, -0.1) is 0 Å². The van der Waals surface area contributed by atoms with Crippen molar-refractivity contribution in [1.29, 1.82) is 0 Å². The van der Waals surface area contributed by atoms with Gasteiger partial charge in [0.2, 0.25) is 0 Å². The fourth-order valence-corrected chi connectivity index (χ4v) is 16.2. The van der Waals surface area contributed by atoms with Crippen LogP contribution in [0.5, 0.6) is 0 Å². The van der Waals surface area contributed by atoms with Gasteiger partial charge in [0.15, 0.2) is 0 Å². The van der Waals surface area contributed by atoms with E-state index in [1.165, 1.54) is 154 Å². The van der Waals surface area contributed by atoms with Crippen molar-refractivity contribution < 1.29 is 57.2 Å². The van der Waals surface area contributed by atoms with Gasteiger partial charge >= 0.3 is 53.2 Å². The Labute approximate surface area is 678 Å². The zero-order valence-electron chi connectivity index (χ0n) is 72.0. The molecular formula is C99H162O12. The highest BCUT2D eigenvalue weighted by Gasteiger charge is 2.82. The highest BCUT2D eigenvalue weighted by Crippen LogP contribution is 2.60. The standard InChI is InChI=1S/C99H162O12/c1-7-13-19-25-31-37-43-49-55-61-79-91(100)106-97(107-92(101)80-62-56-50-44-38-32-26-20-14-8-2)89-77-71-69-75-87(89)85-73-67-68-74-86(85)88-76-70-72-78-90(88)98(108-93(102)81-63-57-51-45-39-33-27-21-15-9-3,109-94(103)82-64-58-52-46-40-34-28-22-16-10-4)99(97,110-95(104)83-65-59-53-47-41-35-29-23-17-11-5)111-96(105)84-66-60-54-48-42-36-30-24-18-12-6/h67-78H,7-66,79-84H2,1-6H3. The summed E-state index contributed by atoms with van der Waals surface area (Å²) in [6.07, 6.45) is 58.6. The number of rotatable bonds is 72. The normalized spacial score (nSPS) is 13.2. The number of fused-ring (bicyclic) bond motifs is 5. The van der Waals surface area contributed by atoms with Crippen molar-refractivity contribution in [2.75, 3.05) is 0 Å². The van der Waals surface area contributed by atoms with Gasteiger partial charge in [-0.05, 0) is 60.8 Å². The molecule has 111 heavy (non-hydrogen) atoms. The number of esters is 6. The Morgan fingerprint density at radius 2 is 0.333 bits per heavy atom. The highest BCUT2D eigenvalue weighted by atomic mass is 16.9. The van der Waals surface area contributed by atoms with Gasteiger partial charge in [0, 0.05) is 38.5 Å². The first-order valence-electron chi connectivity index (χ1n) is 47.0. The quantitative estimate of drug-likeness (QED) is 0.0228. The lowest BCUT2D eigenvalue weighted by molar-refractivity contribution is -0.459. The number of benzene rings is 3. The summed E-state index contributed by atoms with van der Waals surface area (Å²) in [6, 6.07) is 21.7. The van der Waals surface area contributed by atoms with Crippen LogP contribution in [0.1, 0.15) is 476 Å². The molecule has 0 saturated carbocycles. The van der Waals surface area contributed by atoms with Crippen LogP contribution in [0.25, 0.3) is 22.3 Å². The molecule has 0 aromatic heterocycles. The molecule has 0 N–H and O–H groups in total. The molecule has 0 bridgehead atoms. The second-order valence-electron chi connectivity index (χ2n) is 32.9. The Bertz CT molecular complexity index is 2610. The number of carbonyl (C=O) groups excluding carboxylic acids is 6. The van der Waals surface area contributed by atoms with Crippen molar-refractivity contribution in [3.05, 3.63) is 83.9 Å². The minimum atomic E-state index is -3.50. The van der Waals surface area contributed by atoms with Crippen LogP contribution in [0, 0.1) is 0 Å². The Hall–Kier alpha value is -5.52. The predicted molar refractivity (Wildman–Crippen MR) is 459 cm³/mol. The maximum absolute atomic E-state index is 16.3. The monoisotopic (exact) mass is 1540 g/mol. The van der Waals surface area contributed by atoms with E-state index < -0.39 is 53.2 Å². The summed E-state index contributed by atoms with van der Waals surface area (Å²) in [5.74, 6) is -15.2. The summed E-state index contributed by atoms with van der Waals surface area (Å²) in [7, 11) is 0. The summed E-state index contributed by atoms with van der Waals surface area (Å²) >= 11 is 0. The smallest absolute Gasteiger partial charge is 0.410 e. The van der Waals surface area contributed by atoms with Gasteiger partial charge in [0.05, 0.1) is 11.1 Å². The molecule has 1 aliphatic carbocycles. The molecule has 3 aromatic carbocycles. The minimum absolute atomic E-state index is 0.0302. The van der Waals surface area contributed by atoms with Crippen molar-refractivity contribution >= 4 is 35.8 Å². The first kappa shape index (κ1) is 97.8. The summed E-state index contributed by atoms with van der Waals surface area (Å²) in [5.41, 5.74) is 1.86. The van der Waals surface area contributed by atoms with Crippen LogP contribution in [0.3, 0.4) is 0 Å². The first-order valence-corrected chi connectivity index (χ1v) is 47.0. The molecule has 0 spiro atoms. The van der Waals surface area contributed by atoms with Crippen LogP contribution in [0.15, 0.2) is 72.8 Å². The van der Waals surface area contributed by atoms with Gasteiger partial charge in [-0.3, -0.25) is 28.8 Å². The fraction of sp³-hybridized carbons (Fsp3) is 0.758. The van der Waals surface area contributed by atoms with Crippen LogP contribution >= 0.6 is 0 Å². The largest absolute Gasteiger partial charge is 0.424 e. The highest BCUT2D eigenvalue weighted by molar-refractivity contribution is 5.89. The lowest BCUT2D eigenvalue weighted by Gasteiger charge is -2.52. The van der Waals surface area contributed by atoms with Crippen molar-refractivity contribution in [2.24, 2.45) is 0 Å². The van der Waals surface area contributed by atoms with Crippen molar-refractivity contribution in [2.45, 2.75) is 483 Å². The third-order valence-corrected chi connectivity index (χ3v) is 22.9. The van der Waals surface area contributed by atoms with Gasteiger partial charge < -0.3 is 28.4 Å². The number of hydrogen-bond acceptors (Lipinski definition) is 12. The Balaban J connectivity index is 2.17. The van der Waals surface area contributed by atoms with E-state index in [1.54, 1.807) is 24.3 Å². The lowest BCUT2D eigenvalue weighted by atomic mass is 9.82. The second kappa shape index (κ2) is 63.7. The minimum Gasteiger partial charge on any atom is -0.410 e. The van der Waals surface area contributed by atoms with Gasteiger partial charge in [0.25, 0.3) is 0 Å². The summed E-state index contributed by atoms with van der Waals surface area (Å²) < 4.78 is 44.2. The van der Waals surface area contributed by atoms with E-state index in [9.17, 15) is 0 Å². The average molecular weight is 1540 g/mol. The third kappa shape index (κ3) is 39.1. The molecule has 3 aromatic rings. The molecule has 4 rings (SSSR count). The number of unbranched alkanes of at least 4 members (excludes halogenated alkanes) is 54. The zero-order chi connectivity index (χ0) is 79.8. The maximum atomic E-state index is 16.3. The van der Waals surface area contributed by atoms with E-state index in [0.29, 0.717) is 99.3 Å². The molecule has 0 atom stereocenters. The van der Waals surface area contributed by atoms with Crippen LogP contribution in [-0.2, 0) is 68.8 Å². The van der Waals surface area contributed by atoms with Gasteiger partial charge in [-0.25, -0.2) is 0 Å². The summed E-state index contributed by atoms with van der Waals surface area (Å²) in [5, 5.41) is 0. The molecule has 0 aliphatic heterocycles. The molecule has 12 heteroatoms. The Morgan fingerprint density at radius 1 is 0.189 bits per heavy atom. The van der Waals surface area contributed by atoms with Gasteiger partial charge in [-0.2, -0.15) is 0 Å². The number of ether oxygens (including phenoxy) is 6. The molecule has 0 amide bonds. The predicted octanol–water partition coefficient (Wildman–Crippen LogP) is 30.2. The molecule has 0 unspecified atom stereocenters. The maximum Gasteiger partial charge on any atom is 0.424 e. The zero-order valence-corrected chi connectivity index (χ0v) is 72.0. The van der Waals surface area contributed by atoms with Gasteiger partial charge in [-0.1, -0.05) is 461 Å². The van der Waals surface area contributed by atoms with E-state index >= 15 is 28.8 Å². The van der Waals surface area contributed by atoms with E-state index in [2.05, 4.69) is 41.5 Å². The molecule has 0 saturated heterocycles. The first-order chi connectivity index (χ1) is 54.4. The summed E-state index contributed by atoms with van der Waals surface area (Å²) in [4.78, 5) is 97.2. The SMILES string of the molecule is CCCCCCCCCCCCC(=O)OC1(OC(=O)CCCCCCCCCCCC)c2ccccc2-c2ccccc2-c2ccccc2C(OC(=O)CCCCCCCCCCCC)(OC(=O)CCCCCCCCCCCC)C1(OC(=O)CCCCCCCCCCCC)OC(=O)CCCCCCCCCCCC. The van der Waals surface area contributed by atoms with Crippen LogP contribution in [-0.4, -0.2) is 41.6 Å². The van der Waals surface area contributed by atoms with Crippen LogP contribution in [0.2, 0.25) is 0 Å². The molecule has 12 nitrogen and oxygen atoms in total. The molecular weight excluding hydrogens is 1380 g/mol.